The van der Waals surface area contributed by atoms with Gasteiger partial charge in [-0.25, -0.2) is 19.9 Å². The largest absolute Gasteiger partial charge is 0.494 e. The van der Waals surface area contributed by atoms with Crippen molar-refractivity contribution in [1.82, 2.24) is 24.5 Å². The summed E-state index contributed by atoms with van der Waals surface area (Å²) < 4.78 is 7.44. The van der Waals surface area contributed by atoms with Crippen molar-refractivity contribution in [3.05, 3.63) is 53.8 Å². The first-order valence-electron chi connectivity index (χ1n) is 7.95. The quantitative estimate of drug-likeness (QED) is 0.552. The summed E-state index contributed by atoms with van der Waals surface area (Å²) in [6.07, 6.45) is 7.14. The van der Waals surface area contributed by atoms with Gasteiger partial charge >= 0.3 is 0 Å². The SMILES string of the molecule is COc1cccc2cnc(CCc3nc(-c4nccs4)cn3C)nc12. The molecule has 0 aliphatic heterocycles. The van der Waals surface area contributed by atoms with Crippen LogP contribution in [0.15, 0.2) is 42.2 Å². The van der Waals surface area contributed by atoms with Gasteiger partial charge in [-0.2, -0.15) is 0 Å². The third kappa shape index (κ3) is 3.10. The molecule has 0 aliphatic carbocycles. The lowest BCUT2D eigenvalue weighted by atomic mass is 10.2. The number of aryl methyl sites for hydroxylation is 3. The van der Waals surface area contributed by atoms with Gasteiger partial charge in [0, 0.05) is 49.2 Å². The topological polar surface area (TPSA) is 65.7 Å². The van der Waals surface area contributed by atoms with E-state index in [1.54, 1.807) is 24.6 Å². The Morgan fingerprint density at radius 3 is 2.88 bits per heavy atom. The molecule has 0 amide bonds. The number of aromatic nitrogens is 5. The first-order chi connectivity index (χ1) is 12.2. The van der Waals surface area contributed by atoms with Gasteiger partial charge in [0.2, 0.25) is 0 Å². The molecular weight excluding hydrogens is 334 g/mol. The highest BCUT2D eigenvalue weighted by Crippen LogP contribution is 2.23. The lowest BCUT2D eigenvalue weighted by Crippen LogP contribution is -2.03. The number of thiazole rings is 1. The summed E-state index contributed by atoms with van der Waals surface area (Å²) in [7, 11) is 3.66. The Bertz CT molecular complexity index is 1010. The lowest BCUT2D eigenvalue weighted by molar-refractivity contribution is 0.418. The van der Waals surface area contributed by atoms with Crippen molar-refractivity contribution in [3.63, 3.8) is 0 Å². The van der Waals surface area contributed by atoms with Crippen LogP contribution in [0.3, 0.4) is 0 Å². The van der Waals surface area contributed by atoms with Gasteiger partial charge in [-0.05, 0) is 6.07 Å². The van der Waals surface area contributed by atoms with Gasteiger partial charge in [0.25, 0.3) is 0 Å². The second-order valence-electron chi connectivity index (χ2n) is 5.67. The smallest absolute Gasteiger partial charge is 0.145 e. The van der Waals surface area contributed by atoms with E-state index in [0.29, 0.717) is 0 Å². The van der Waals surface area contributed by atoms with Crippen molar-refractivity contribution in [2.45, 2.75) is 12.8 Å². The zero-order valence-electron chi connectivity index (χ0n) is 14.0. The highest BCUT2D eigenvalue weighted by Gasteiger charge is 2.11. The van der Waals surface area contributed by atoms with E-state index in [4.69, 9.17) is 9.72 Å². The van der Waals surface area contributed by atoms with Gasteiger partial charge in [0.1, 0.15) is 33.6 Å². The second kappa shape index (κ2) is 6.60. The number of fused-ring (bicyclic) bond motifs is 1. The fraction of sp³-hybridized carbons (Fsp3) is 0.222. The molecule has 3 aromatic heterocycles. The molecule has 0 unspecified atom stereocenters. The minimum Gasteiger partial charge on any atom is -0.494 e. The summed E-state index contributed by atoms with van der Waals surface area (Å²) in [6, 6.07) is 5.84. The Balaban J connectivity index is 1.56. The predicted molar refractivity (Wildman–Crippen MR) is 97.8 cm³/mol. The van der Waals surface area contributed by atoms with E-state index in [2.05, 4.69) is 15.0 Å². The zero-order valence-corrected chi connectivity index (χ0v) is 14.8. The van der Waals surface area contributed by atoms with Crippen LogP contribution in [0.5, 0.6) is 5.75 Å². The monoisotopic (exact) mass is 351 g/mol. The predicted octanol–water partition coefficient (Wildman–Crippen LogP) is 3.28. The summed E-state index contributed by atoms with van der Waals surface area (Å²) in [5.74, 6) is 2.55. The molecule has 0 atom stereocenters. The Kier molecular flexibility index (Phi) is 4.15. The zero-order chi connectivity index (χ0) is 17.2. The van der Waals surface area contributed by atoms with E-state index >= 15 is 0 Å². The van der Waals surface area contributed by atoms with Crippen LogP contribution >= 0.6 is 11.3 Å². The van der Waals surface area contributed by atoms with Crippen molar-refractivity contribution >= 4 is 22.2 Å². The summed E-state index contributed by atoms with van der Waals surface area (Å²) >= 11 is 1.59. The number of hydrogen-bond donors (Lipinski definition) is 0. The van der Waals surface area contributed by atoms with Gasteiger partial charge in [-0.1, -0.05) is 12.1 Å². The highest BCUT2D eigenvalue weighted by atomic mass is 32.1. The van der Waals surface area contributed by atoms with Gasteiger partial charge in [-0.15, -0.1) is 11.3 Å². The number of methoxy groups -OCH3 is 1. The van der Waals surface area contributed by atoms with Gasteiger partial charge in [-0.3, -0.25) is 0 Å². The van der Waals surface area contributed by atoms with Crippen molar-refractivity contribution in [3.8, 4) is 16.5 Å². The van der Waals surface area contributed by atoms with Crippen molar-refractivity contribution in [2.24, 2.45) is 7.05 Å². The number of ether oxygens (including phenoxy) is 1. The van der Waals surface area contributed by atoms with E-state index < -0.39 is 0 Å². The molecule has 0 spiro atoms. The molecular formula is C18H17N5OS. The normalized spacial score (nSPS) is 11.1. The first-order valence-corrected chi connectivity index (χ1v) is 8.83. The highest BCUT2D eigenvalue weighted by molar-refractivity contribution is 7.13. The van der Waals surface area contributed by atoms with E-state index in [9.17, 15) is 0 Å². The molecule has 25 heavy (non-hydrogen) atoms. The molecule has 7 heteroatoms. The standard InChI is InChI=1S/C18H17N5OS/c1-23-11-13(18-19-8-9-25-18)21-16(23)7-6-15-20-10-12-4-3-5-14(24-2)17(12)22-15/h3-5,8-11H,6-7H2,1-2H3. The fourth-order valence-corrected chi connectivity index (χ4v) is 3.36. The molecule has 0 bridgehead atoms. The fourth-order valence-electron chi connectivity index (χ4n) is 2.76. The van der Waals surface area contributed by atoms with Gasteiger partial charge in [0.15, 0.2) is 0 Å². The van der Waals surface area contributed by atoms with E-state index in [0.717, 1.165) is 51.8 Å². The average Bonchev–Trinajstić information content (AvgIpc) is 3.29. The number of hydrogen-bond acceptors (Lipinski definition) is 6. The van der Waals surface area contributed by atoms with E-state index in [1.165, 1.54) is 0 Å². The molecule has 1 aromatic carbocycles. The second-order valence-corrected chi connectivity index (χ2v) is 6.57. The summed E-state index contributed by atoms with van der Waals surface area (Å²) in [4.78, 5) is 18.1. The molecule has 0 saturated heterocycles. The molecule has 3 heterocycles. The Hall–Kier alpha value is -2.80. The molecule has 0 fully saturated rings. The van der Waals surface area contributed by atoms with Crippen LogP contribution in [0.1, 0.15) is 11.6 Å². The molecule has 0 radical (unpaired) electrons. The van der Waals surface area contributed by atoms with Crippen LogP contribution in [0.25, 0.3) is 21.6 Å². The lowest BCUT2D eigenvalue weighted by Gasteiger charge is -2.06. The molecule has 4 rings (SSSR count). The first kappa shape index (κ1) is 15.7. The van der Waals surface area contributed by atoms with Crippen LogP contribution in [-0.4, -0.2) is 31.6 Å². The third-order valence-electron chi connectivity index (χ3n) is 4.04. The number of para-hydroxylation sites is 1. The number of imidazole rings is 1. The molecule has 0 N–H and O–H groups in total. The Morgan fingerprint density at radius 2 is 2.08 bits per heavy atom. The van der Waals surface area contributed by atoms with Gasteiger partial charge in [0.05, 0.1) is 7.11 Å². The Morgan fingerprint density at radius 1 is 1.16 bits per heavy atom. The van der Waals surface area contributed by atoms with E-state index in [1.807, 2.05) is 47.6 Å². The molecule has 4 aromatic rings. The van der Waals surface area contributed by atoms with Gasteiger partial charge < -0.3 is 9.30 Å². The minimum absolute atomic E-state index is 0.718. The molecule has 6 nitrogen and oxygen atoms in total. The summed E-state index contributed by atoms with van der Waals surface area (Å²) in [6.45, 7) is 0. The maximum atomic E-state index is 5.40. The maximum Gasteiger partial charge on any atom is 0.145 e. The summed E-state index contributed by atoms with van der Waals surface area (Å²) in [5, 5.41) is 3.87. The summed E-state index contributed by atoms with van der Waals surface area (Å²) in [5.41, 5.74) is 1.76. The third-order valence-corrected chi connectivity index (χ3v) is 4.84. The Labute approximate surface area is 149 Å². The van der Waals surface area contributed by atoms with Crippen molar-refractivity contribution in [2.75, 3.05) is 7.11 Å². The van der Waals surface area contributed by atoms with Crippen LogP contribution in [0.4, 0.5) is 0 Å². The van der Waals surface area contributed by atoms with Crippen LogP contribution < -0.4 is 4.74 Å². The van der Waals surface area contributed by atoms with Crippen LogP contribution in [-0.2, 0) is 19.9 Å². The average molecular weight is 351 g/mol. The number of rotatable bonds is 5. The van der Waals surface area contributed by atoms with E-state index in [-0.39, 0.29) is 0 Å². The van der Waals surface area contributed by atoms with Crippen LogP contribution in [0, 0.1) is 0 Å². The van der Waals surface area contributed by atoms with Crippen LogP contribution in [0.2, 0.25) is 0 Å². The molecule has 126 valence electrons. The van der Waals surface area contributed by atoms with Crippen molar-refractivity contribution < 1.29 is 4.74 Å². The minimum atomic E-state index is 0.718. The molecule has 0 saturated carbocycles. The number of benzene rings is 1. The van der Waals surface area contributed by atoms with Crippen molar-refractivity contribution in [1.29, 1.82) is 0 Å². The molecule has 0 aliphatic rings. The maximum absolute atomic E-state index is 5.40. The number of nitrogens with zero attached hydrogens (tertiary/aromatic N) is 5.